The van der Waals surface area contributed by atoms with Crippen LogP contribution in [0.15, 0.2) is 0 Å². The van der Waals surface area contributed by atoms with Crippen LogP contribution in [0.3, 0.4) is 0 Å². The molecule has 0 aromatic heterocycles. The van der Waals surface area contributed by atoms with E-state index in [0.29, 0.717) is 12.8 Å². The van der Waals surface area contributed by atoms with E-state index in [4.69, 9.17) is 0 Å². The van der Waals surface area contributed by atoms with Gasteiger partial charge in [0, 0.05) is 44.9 Å². The Kier molecular flexibility index (Phi) is 39.6. The molecule has 0 rings (SSSR count). The number of nitrogens with zero attached hydrogens (tertiary/aromatic N) is 1. The summed E-state index contributed by atoms with van der Waals surface area (Å²) in [5, 5.41) is 15.9. The number of carbonyl (C=O) groups is 2. The van der Waals surface area contributed by atoms with Gasteiger partial charge in [-0.15, -0.1) is 0 Å². The third kappa shape index (κ3) is 40.3. The third-order valence-corrected chi connectivity index (χ3v) is 11.4. The molecule has 0 saturated carbocycles. The second-order valence-corrected chi connectivity index (χ2v) is 17.4. The van der Waals surface area contributed by atoms with E-state index in [2.05, 4.69) is 38.6 Å². The number of amides is 2. The van der Waals surface area contributed by atoms with Gasteiger partial charge in [0.05, 0.1) is 27.2 Å². The summed E-state index contributed by atoms with van der Waals surface area (Å²) >= 11 is 0. The molecule has 1 unspecified atom stereocenters. The Morgan fingerprint density at radius 1 is 0.453 bits per heavy atom. The maximum Gasteiger partial charge on any atom is 0.220 e. The Bertz CT molecular complexity index is 774. The van der Waals surface area contributed by atoms with Crippen LogP contribution in [0.4, 0.5) is 0 Å². The van der Waals surface area contributed by atoms with Crippen molar-refractivity contribution in [2.45, 2.75) is 251 Å². The van der Waals surface area contributed by atoms with Crippen LogP contribution in [0.25, 0.3) is 0 Å². The lowest BCUT2D eigenvalue weighted by Gasteiger charge is -2.32. The molecule has 0 fully saturated rings. The van der Waals surface area contributed by atoms with Crippen molar-refractivity contribution in [3.63, 3.8) is 0 Å². The predicted octanol–water partition coefficient (Wildman–Crippen LogP) is 12.7. The van der Waals surface area contributed by atoms with Gasteiger partial charge in [-0.1, -0.05) is 194 Å². The molecule has 3 N–H and O–H groups in total. The molecule has 0 aliphatic carbocycles. The van der Waals surface area contributed by atoms with Gasteiger partial charge in [-0.05, 0) is 25.7 Å². The number of aliphatic hydroxyl groups excluding tert-OH is 1. The van der Waals surface area contributed by atoms with Crippen LogP contribution in [-0.4, -0.2) is 67.8 Å². The van der Waals surface area contributed by atoms with Gasteiger partial charge in [0.15, 0.2) is 0 Å². The van der Waals surface area contributed by atoms with Gasteiger partial charge in [-0.25, -0.2) is 0 Å². The van der Waals surface area contributed by atoms with Crippen molar-refractivity contribution < 1.29 is 19.2 Å². The van der Waals surface area contributed by atoms with E-state index in [1.807, 2.05) is 0 Å². The highest BCUT2D eigenvalue weighted by Gasteiger charge is 2.20. The zero-order valence-corrected chi connectivity index (χ0v) is 36.6. The summed E-state index contributed by atoms with van der Waals surface area (Å²) in [6, 6.07) is 0.123. The average Bonchev–Trinajstić information content (AvgIpc) is 3.14. The number of rotatable bonds is 43. The lowest BCUT2D eigenvalue weighted by Crippen LogP contribution is -2.46. The van der Waals surface area contributed by atoms with Crippen molar-refractivity contribution in [2.75, 3.05) is 40.3 Å². The van der Waals surface area contributed by atoms with Crippen LogP contribution in [-0.2, 0) is 9.59 Å². The smallest absolute Gasteiger partial charge is 0.220 e. The van der Waals surface area contributed by atoms with Crippen LogP contribution in [0.1, 0.15) is 245 Å². The van der Waals surface area contributed by atoms with Crippen molar-refractivity contribution >= 4 is 11.8 Å². The minimum Gasteiger partial charge on any atom is -0.396 e. The fraction of sp³-hybridized carbons (Fsp3) is 0.957. The molecule has 6 nitrogen and oxygen atoms in total. The first-order valence-electron chi connectivity index (χ1n) is 23.8. The molecule has 53 heavy (non-hydrogen) atoms. The molecule has 0 aliphatic heterocycles. The Hall–Kier alpha value is -1.14. The van der Waals surface area contributed by atoms with Gasteiger partial charge in [0.2, 0.25) is 11.8 Å². The van der Waals surface area contributed by atoms with Gasteiger partial charge >= 0.3 is 0 Å². The quantitative estimate of drug-likeness (QED) is 0.0429. The van der Waals surface area contributed by atoms with E-state index in [-0.39, 0.29) is 24.5 Å². The number of hydrogen-bond donors (Lipinski definition) is 3. The molecule has 0 aromatic rings. The summed E-state index contributed by atoms with van der Waals surface area (Å²) in [4.78, 5) is 25.1. The minimum absolute atomic E-state index is 0.123. The maximum atomic E-state index is 12.8. The van der Waals surface area contributed by atoms with Crippen LogP contribution in [0.5, 0.6) is 0 Å². The maximum absolute atomic E-state index is 12.8. The first-order valence-corrected chi connectivity index (χ1v) is 23.8. The Labute approximate surface area is 332 Å². The van der Waals surface area contributed by atoms with E-state index in [9.17, 15) is 14.7 Å². The lowest BCUT2D eigenvalue weighted by atomic mass is 10.0. The summed E-state index contributed by atoms with van der Waals surface area (Å²) in [5.41, 5.74) is 0. The van der Waals surface area contributed by atoms with Gasteiger partial charge in [-0.2, -0.15) is 0 Å². The zero-order chi connectivity index (χ0) is 38.9. The lowest BCUT2D eigenvalue weighted by molar-refractivity contribution is -0.890. The highest BCUT2D eigenvalue weighted by Crippen LogP contribution is 2.16. The topological polar surface area (TPSA) is 78.4 Å². The molecule has 0 heterocycles. The minimum atomic E-state index is 0.123. The summed E-state index contributed by atoms with van der Waals surface area (Å²) in [6.45, 7) is 7.45. The van der Waals surface area contributed by atoms with Crippen molar-refractivity contribution in [1.29, 1.82) is 0 Å². The summed E-state index contributed by atoms with van der Waals surface area (Å²) in [5.74, 6) is 0.371. The SMILES string of the molecule is CCCCCCCCCCCCCCCCCC(=O)NCCC[N+](C)(C)CCC(CCCO)NC(=O)CCCCCCCCCCCCCCCCC. The monoisotopic (exact) mass is 751 g/mol. The Morgan fingerprint density at radius 2 is 0.811 bits per heavy atom. The average molecular weight is 751 g/mol. The Morgan fingerprint density at radius 3 is 1.19 bits per heavy atom. The second kappa shape index (κ2) is 40.5. The van der Waals surface area contributed by atoms with E-state index in [1.165, 1.54) is 173 Å². The first-order chi connectivity index (χ1) is 25.8. The van der Waals surface area contributed by atoms with Crippen LogP contribution in [0, 0.1) is 0 Å². The first kappa shape index (κ1) is 51.9. The number of quaternary nitrogens is 1. The molecule has 0 spiro atoms. The molecule has 2 amide bonds. The Balaban J connectivity index is 3.84. The van der Waals surface area contributed by atoms with Crippen LogP contribution in [0.2, 0.25) is 0 Å². The van der Waals surface area contributed by atoms with E-state index >= 15 is 0 Å². The van der Waals surface area contributed by atoms with E-state index in [0.717, 1.165) is 69.1 Å². The summed E-state index contributed by atoms with van der Waals surface area (Å²) in [6.07, 6.45) is 44.9. The van der Waals surface area contributed by atoms with Gasteiger partial charge < -0.3 is 20.2 Å². The van der Waals surface area contributed by atoms with Gasteiger partial charge in [0.25, 0.3) is 0 Å². The molecule has 316 valence electrons. The summed E-state index contributed by atoms with van der Waals surface area (Å²) in [7, 11) is 4.50. The molecule has 0 saturated heterocycles. The number of hydrogen-bond acceptors (Lipinski definition) is 3. The molecular formula is C47H96N3O3+. The van der Waals surface area contributed by atoms with Crippen LogP contribution < -0.4 is 10.6 Å². The second-order valence-electron chi connectivity index (χ2n) is 17.4. The van der Waals surface area contributed by atoms with Crippen molar-refractivity contribution in [2.24, 2.45) is 0 Å². The largest absolute Gasteiger partial charge is 0.396 e. The van der Waals surface area contributed by atoms with Crippen molar-refractivity contribution in [3.05, 3.63) is 0 Å². The molecular weight excluding hydrogens is 655 g/mol. The van der Waals surface area contributed by atoms with E-state index < -0.39 is 0 Å². The van der Waals surface area contributed by atoms with Crippen molar-refractivity contribution in [1.82, 2.24) is 10.6 Å². The number of unbranched alkanes of at least 4 members (excludes halogenated alkanes) is 28. The molecule has 6 heteroatoms. The fourth-order valence-electron chi connectivity index (χ4n) is 7.68. The normalized spacial score (nSPS) is 12.3. The van der Waals surface area contributed by atoms with Crippen LogP contribution >= 0.6 is 0 Å². The highest BCUT2D eigenvalue weighted by atomic mass is 16.3. The summed E-state index contributed by atoms with van der Waals surface area (Å²) < 4.78 is 0.874. The molecule has 0 radical (unpaired) electrons. The molecule has 0 aliphatic rings. The molecule has 0 bridgehead atoms. The highest BCUT2D eigenvalue weighted by molar-refractivity contribution is 5.76. The van der Waals surface area contributed by atoms with E-state index in [1.54, 1.807) is 0 Å². The number of nitrogens with one attached hydrogen (secondary N) is 2. The van der Waals surface area contributed by atoms with Crippen molar-refractivity contribution in [3.8, 4) is 0 Å². The number of carbonyl (C=O) groups excluding carboxylic acids is 2. The predicted molar refractivity (Wildman–Crippen MR) is 231 cm³/mol. The van der Waals surface area contributed by atoms with Gasteiger partial charge in [-0.3, -0.25) is 9.59 Å². The molecule has 1 atom stereocenters. The van der Waals surface area contributed by atoms with Gasteiger partial charge in [0.1, 0.15) is 0 Å². The molecule has 0 aromatic carbocycles. The third-order valence-electron chi connectivity index (χ3n) is 11.4. The zero-order valence-electron chi connectivity index (χ0n) is 36.6. The fourth-order valence-corrected chi connectivity index (χ4v) is 7.68. The standard InChI is InChI=1S/C47H95N3O3/c1-5-7-9-11-13-15-17-19-21-23-25-27-29-31-33-38-46(52)48-41-36-42-50(3,4)43-40-45(37-35-44-51)49-47(53)39-34-32-30-28-26-24-22-20-18-16-14-12-10-8-6-2/h45,51H,5-44H2,1-4H3,(H-,48,49,52,53)/p+1. The number of aliphatic hydroxyl groups is 1.